The predicted molar refractivity (Wildman–Crippen MR) is 91.3 cm³/mol. The van der Waals surface area contributed by atoms with Crippen LogP contribution in [0.2, 0.25) is 0 Å². The average Bonchev–Trinajstić information content (AvgIpc) is 2.93. The van der Waals surface area contributed by atoms with E-state index in [1.54, 1.807) is 6.20 Å². The molecule has 2 amide bonds. The number of hydrogen-bond acceptors (Lipinski definition) is 2. The van der Waals surface area contributed by atoms with Gasteiger partial charge in [-0.25, -0.2) is 4.39 Å². The molecule has 1 aromatic heterocycles. The topological polar surface area (TPSA) is 74.0 Å². The highest BCUT2D eigenvalue weighted by Gasteiger charge is 2.11. The maximum Gasteiger partial charge on any atom is 0.228 e. The van der Waals surface area contributed by atoms with E-state index >= 15 is 0 Å². The van der Waals surface area contributed by atoms with Crippen LogP contribution < -0.4 is 10.6 Å². The summed E-state index contributed by atoms with van der Waals surface area (Å²) in [5.74, 6) is -1.16. The van der Waals surface area contributed by atoms with E-state index in [-0.39, 0.29) is 23.9 Å². The van der Waals surface area contributed by atoms with Crippen LogP contribution in [-0.4, -0.2) is 16.8 Å². The lowest BCUT2D eigenvalue weighted by Gasteiger charge is -2.09. The molecule has 5 nitrogen and oxygen atoms in total. The Hall–Kier alpha value is -3.15. The monoisotopic (exact) mass is 325 g/mol. The highest BCUT2D eigenvalue weighted by molar-refractivity contribution is 5.96. The lowest BCUT2D eigenvalue weighted by molar-refractivity contribution is -0.115. The molecule has 0 aliphatic rings. The number of amides is 2. The van der Waals surface area contributed by atoms with Crippen molar-refractivity contribution in [1.29, 1.82) is 0 Å². The largest absolute Gasteiger partial charge is 0.361 e. The summed E-state index contributed by atoms with van der Waals surface area (Å²) in [6, 6.07) is 11.8. The lowest BCUT2D eigenvalue weighted by atomic mass is 10.1. The van der Waals surface area contributed by atoms with Crippen molar-refractivity contribution in [3.63, 3.8) is 0 Å². The molecule has 6 heteroatoms. The molecular weight excluding hydrogens is 309 g/mol. The van der Waals surface area contributed by atoms with Crippen LogP contribution in [0.1, 0.15) is 12.5 Å². The van der Waals surface area contributed by atoms with Gasteiger partial charge in [-0.2, -0.15) is 0 Å². The van der Waals surface area contributed by atoms with Crippen molar-refractivity contribution in [1.82, 2.24) is 4.98 Å². The molecule has 3 aromatic rings. The van der Waals surface area contributed by atoms with Crippen LogP contribution in [0.15, 0.2) is 48.7 Å². The molecule has 122 valence electrons. The molecule has 0 atom stereocenters. The van der Waals surface area contributed by atoms with Crippen LogP contribution >= 0.6 is 0 Å². The Balaban J connectivity index is 1.74. The molecule has 0 aliphatic heterocycles. The zero-order valence-electron chi connectivity index (χ0n) is 13.0. The van der Waals surface area contributed by atoms with Gasteiger partial charge in [-0.1, -0.05) is 18.2 Å². The number of aromatic nitrogens is 1. The molecule has 2 aromatic carbocycles. The maximum absolute atomic E-state index is 13.6. The molecule has 0 bridgehead atoms. The second-order valence-electron chi connectivity index (χ2n) is 5.46. The Morgan fingerprint density at radius 1 is 1.12 bits per heavy atom. The second-order valence-corrected chi connectivity index (χ2v) is 5.46. The Morgan fingerprint density at radius 2 is 1.92 bits per heavy atom. The number of halogens is 1. The minimum absolute atomic E-state index is 0.0346. The number of nitrogens with one attached hydrogen (secondary N) is 3. The fourth-order valence-electron chi connectivity index (χ4n) is 2.54. The minimum Gasteiger partial charge on any atom is -0.361 e. The van der Waals surface area contributed by atoms with Gasteiger partial charge in [-0.05, 0) is 29.8 Å². The molecule has 1 heterocycles. The van der Waals surface area contributed by atoms with Crippen molar-refractivity contribution in [3.05, 3.63) is 60.0 Å². The van der Waals surface area contributed by atoms with Gasteiger partial charge in [-0.3, -0.25) is 9.59 Å². The van der Waals surface area contributed by atoms with Gasteiger partial charge < -0.3 is 15.6 Å². The van der Waals surface area contributed by atoms with Crippen LogP contribution in [0, 0.1) is 5.82 Å². The van der Waals surface area contributed by atoms with E-state index < -0.39 is 5.82 Å². The van der Waals surface area contributed by atoms with Gasteiger partial charge in [0.1, 0.15) is 5.82 Å². The van der Waals surface area contributed by atoms with E-state index in [9.17, 15) is 14.0 Å². The number of benzene rings is 2. The molecule has 24 heavy (non-hydrogen) atoms. The highest BCUT2D eigenvalue weighted by atomic mass is 19.1. The van der Waals surface area contributed by atoms with Crippen LogP contribution in [0.3, 0.4) is 0 Å². The van der Waals surface area contributed by atoms with Crippen LogP contribution in [0.5, 0.6) is 0 Å². The summed E-state index contributed by atoms with van der Waals surface area (Å²) in [7, 11) is 0. The molecular formula is C18H16FN3O2. The first kappa shape index (κ1) is 15.7. The third kappa shape index (κ3) is 3.43. The third-order valence-corrected chi connectivity index (χ3v) is 3.59. The van der Waals surface area contributed by atoms with Gasteiger partial charge in [0.2, 0.25) is 11.8 Å². The number of fused-ring (bicyclic) bond motifs is 1. The lowest BCUT2D eigenvalue weighted by Crippen LogP contribution is -2.15. The number of anilines is 2. The zero-order valence-corrected chi connectivity index (χ0v) is 13.0. The number of para-hydroxylation sites is 1. The number of carbonyl (C=O) groups is 2. The minimum atomic E-state index is -0.556. The molecule has 0 saturated heterocycles. The Bertz CT molecular complexity index is 918. The molecule has 0 aliphatic carbocycles. The number of carbonyl (C=O) groups excluding carboxylic acids is 2. The Morgan fingerprint density at radius 3 is 2.71 bits per heavy atom. The van der Waals surface area contributed by atoms with Gasteiger partial charge in [0.05, 0.1) is 12.1 Å². The second kappa shape index (κ2) is 6.54. The Labute approximate surface area is 137 Å². The molecule has 0 saturated carbocycles. The summed E-state index contributed by atoms with van der Waals surface area (Å²) in [5, 5.41) is 6.09. The van der Waals surface area contributed by atoms with Crippen molar-refractivity contribution in [3.8, 4) is 0 Å². The molecule has 3 N–H and O–H groups in total. The normalized spacial score (nSPS) is 10.6. The van der Waals surface area contributed by atoms with E-state index in [1.165, 1.54) is 25.1 Å². The molecule has 0 radical (unpaired) electrons. The van der Waals surface area contributed by atoms with Crippen molar-refractivity contribution in [2.45, 2.75) is 13.3 Å². The van der Waals surface area contributed by atoms with E-state index in [2.05, 4.69) is 15.6 Å². The average molecular weight is 325 g/mol. The number of rotatable bonds is 4. The van der Waals surface area contributed by atoms with Crippen molar-refractivity contribution in [2.75, 3.05) is 10.6 Å². The quantitative estimate of drug-likeness (QED) is 0.687. The highest BCUT2D eigenvalue weighted by Crippen LogP contribution is 2.21. The first-order chi connectivity index (χ1) is 11.5. The van der Waals surface area contributed by atoms with Crippen molar-refractivity contribution < 1.29 is 14.0 Å². The van der Waals surface area contributed by atoms with Crippen molar-refractivity contribution in [2.24, 2.45) is 0 Å². The van der Waals surface area contributed by atoms with Crippen LogP contribution in [0.25, 0.3) is 10.9 Å². The van der Waals surface area contributed by atoms with Gasteiger partial charge in [0.25, 0.3) is 0 Å². The predicted octanol–water partition coefficient (Wildman–Crippen LogP) is 3.45. The molecule has 0 fully saturated rings. The van der Waals surface area contributed by atoms with Crippen molar-refractivity contribution >= 4 is 34.1 Å². The Kier molecular flexibility index (Phi) is 4.29. The summed E-state index contributed by atoms with van der Waals surface area (Å²) in [6.45, 7) is 1.29. The molecule has 0 unspecified atom stereocenters. The number of hydrogen-bond donors (Lipinski definition) is 3. The van der Waals surface area contributed by atoms with E-state index in [0.717, 1.165) is 16.5 Å². The summed E-state index contributed by atoms with van der Waals surface area (Å²) < 4.78 is 13.6. The third-order valence-electron chi connectivity index (χ3n) is 3.59. The summed E-state index contributed by atoms with van der Waals surface area (Å²) >= 11 is 0. The number of aromatic amines is 1. The van der Waals surface area contributed by atoms with Gasteiger partial charge >= 0.3 is 0 Å². The summed E-state index contributed by atoms with van der Waals surface area (Å²) in [6.07, 6.45) is 1.99. The standard InChI is InChI=1S/C18H16FN3O2/c1-11(23)21-17-9-13(6-7-15(17)19)22-18(24)8-12-10-20-16-5-3-2-4-14(12)16/h2-7,9-10,20H,8H2,1H3,(H,21,23)(H,22,24). The maximum atomic E-state index is 13.6. The molecule has 0 spiro atoms. The molecule has 3 rings (SSSR count). The van der Waals surface area contributed by atoms with Gasteiger partial charge in [-0.15, -0.1) is 0 Å². The SMILES string of the molecule is CC(=O)Nc1cc(NC(=O)Cc2c[nH]c3ccccc23)ccc1F. The van der Waals surface area contributed by atoms with Gasteiger partial charge in [0.15, 0.2) is 0 Å². The first-order valence-electron chi connectivity index (χ1n) is 7.45. The van der Waals surface area contributed by atoms with Gasteiger partial charge in [0, 0.05) is 29.7 Å². The van der Waals surface area contributed by atoms with E-state index in [1.807, 2.05) is 24.3 Å². The van der Waals surface area contributed by atoms with E-state index in [4.69, 9.17) is 0 Å². The fourth-order valence-corrected chi connectivity index (χ4v) is 2.54. The fraction of sp³-hybridized carbons (Fsp3) is 0.111. The number of H-pyrrole nitrogens is 1. The van der Waals surface area contributed by atoms with E-state index in [0.29, 0.717) is 5.69 Å². The summed E-state index contributed by atoms with van der Waals surface area (Å²) in [5.41, 5.74) is 2.31. The van der Waals surface area contributed by atoms with Crippen LogP contribution in [0.4, 0.5) is 15.8 Å². The zero-order chi connectivity index (χ0) is 17.1. The first-order valence-corrected chi connectivity index (χ1v) is 7.45. The van der Waals surface area contributed by atoms with Crippen LogP contribution in [-0.2, 0) is 16.0 Å². The summed E-state index contributed by atoms with van der Waals surface area (Å²) in [4.78, 5) is 26.4. The smallest absolute Gasteiger partial charge is 0.228 e.